The first-order valence-corrected chi connectivity index (χ1v) is 7.08. The molecule has 1 atom stereocenters. The molecule has 1 heterocycles. The fourth-order valence-corrected chi connectivity index (χ4v) is 2.72. The van der Waals surface area contributed by atoms with Gasteiger partial charge in [-0.3, -0.25) is 10.1 Å². The number of halogens is 2. The summed E-state index contributed by atoms with van der Waals surface area (Å²) in [5, 5.41) is 20.5. The maximum absolute atomic E-state index is 13.1. The largest absolute Gasteiger partial charge is 0.440 e. The van der Waals surface area contributed by atoms with Crippen LogP contribution >= 0.6 is 27.3 Å². The normalized spacial score (nSPS) is 12.2. The molecule has 0 fully saturated rings. The SMILES string of the molecule is CC(O)c1cc([N+](=O)[O-])c(Oc2ccc(F)c(Br)c2)s1. The van der Waals surface area contributed by atoms with E-state index in [1.807, 2.05) is 0 Å². The number of aliphatic hydroxyl groups excluding tert-OH is 1. The molecule has 1 aromatic carbocycles. The summed E-state index contributed by atoms with van der Waals surface area (Å²) in [5.74, 6) is -0.192. The summed E-state index contributed by atoms with van der Waals surface area (Å²) in [6.45, 7) is 1.51. The van der Waals surface area contributed by atoms with Gasteiger partial charge in [-0.15, -0.1) is 0 Å². The number of aliphatic hydroxyl groups is 1. The number of nitrogens with zero attached hydrogens (tertiary/aromatic N) is 1. The van der Waals surface area contributed by atoms with Crippen LogP contribution in [0, 0.1) is 15.9 Å². The van der Waals surface area contributed by atoms with Crippen LogP contribution in [0.4, 0.5) is 10.1 Å². The zero-order chi connectivity index (χ0) is 14.9. The van der Waals surface area contributed by atoms with E-state index >= 15 is 0 Å². The minimum Gasteiger partial charge on any atom is -0.440 e. The maximum atomic E-state index is 13.1. The molecule has 0 saturated heterocycles. The lowest BCUT2D eigenvalue weighted by Gasteiger charge is -2.03. The molecule has 20 heavy (non-hydrogen) atoms. The van der Waals surface area contributed by atoms with E-state index in [-0.39, 0.29) is 21.0 Å². The van der Waals surface area contributed by atoms with Crippen molar-refractivity contribution in [3.8, 4) is 10.8 Å². The Hall–Kier alpha value is -1.51. The van der Waals surface area contributed by atoms with Crippen molar-refractivity contribution >= 4 is 33.0 Å². The Morgan fingerprint density at radius 1 is 1.50 bits per heavy atom. The van der Waals surface area contributed by atoms with Crippen molar-refractivity contribution in [2.75, 3.05) is 0 Å². The number of hydrogen-bond donors (Lipinski definition) is 1. The summed E-state index contributed by atoms with van der Waals surface area (Å²) >= 11 is 3.99. The molecule has 2 aromatic rings. The van der Waals surface area contributed by atoms with Crippen molar-refractivity contribution in [2.45, 2.75) is 13.0 Å². The van der Waals surface area contributed by atoms with Gasteiger partial charge in [-0.25, -0.2) is 4.39 Å². The molecule has 0 bridgehead atoms. The Morgan fingerprint density at radius 2 is 2.20 bits per heavy atom. The smallest absolute Gasteiger partial charge is 0.323 e. The summed E-state index contributed by atoms with van der Waals surface area (Å²) in [6, 6.07) is 5.20. The highest BCUT2D eigenvalue weighted by molar-refractivity contribution is 9.10. The van der Waals surface area contributed by atoms with Gasteiger partial charge in [-0.1, -0.05) is 11.3 Å². The van der Waals surface area contributed by atoms with Crippen LogP contribution in [0.25, 0.3) is 0 Å². The predicted molar refractivity (Wildman–Crippen MR) is 75.8 cm³/mol. The van der Waals surface area contributed by atoms with E-state index in [0.717, 1.165) is 11.3 Å². The lowest BCUT2D eigenvalue weighted by Crippen LogP contribution is -1.90. The third-order valence-corrected chi connectivity index (χ3v) is 4.19. The summed E-state index contributed by atoms with van der Waals surface area (Å²) < 4.78 is 18.7. The average Bonchev–Trinajstić information content (AvgIpc) is 2.78. The van der Waals surface area contributed by atoms with Gasteiger partial charge in [0.25, 0.3) is 5.06 Å². The summed E-state index contributed by atoms with van der Waals surface area (Å²) in [6.07, 6.45) is -0.823. The third kappa shape index (κ3) is 3.14. The minimum atomic E-state index is -0.823. The van der Waals surface area contributed by atoms with Gasteiger partial charge in [0.2, 0.25) is 0 Å². The second-order valence-electron chi connectivity index (χ2n) is 3.93. The van der Waals surface area contributed by atoms with Gasteiger partial charge in [-0.05, 0) is 41.1 Å². The molecule has 1 N–H and O–H groups in total. The number of rotatable bonds is 4. The highest BCUT2D eigenvalue weighted by atomic mass is 79.9. The zero-order valence-corrected chi connectivity index (χ0v) is 12.6. The van der Waals surface area contributed by atoms with Crippen LogP contribution in [0.15, 0.2) is 28.7 Å². The lowest BCUT2D eigenvalue weighted by molar-refractivity contribution is -0.385. The van der Waals surface area contributed by atoms with Crippen molar-refractivity contribution in [3.63, 3.8) is 0 Å². The number of benzene rings is 1. The van der Waals surface area contributed by atoms with Gasteiger partial charge in [0, 0.05) is 10.9 Å². The van der Waals surface area contributed by atoms with Gasteiger partial charge in [-0.2, -0.15) is 0 Å². The Morgan fingerprint density at radius 3 is 2.75 bits per heavy atom. The summed E-state index contributed by atoms with van der Waals surface area (Å²) in [7, 11) is 0. The van der Waals surface area contributed by atoms with Crippen LogP contribution in [-0.2, 0) is 0 Å². The van der Waals surface area contributed by atoms with Gasteiger partial charge >= 0.3 is 5.69 Å². The van der Waals surface area contributed by atoms with Crippen LogP contribution in [0.1, 0.15) is 17.9 Å². The number of thiophene rings is 1. The monoisotopic (exact) mass is 361 g/mol. The Kier molecular flexibility index (Phi) is 4.36. The van der Waals surface area contributed by atoms with E-state index in [1.54, 1.807) is 0 Å². The van der Waals surface area contributed by atoms with Crippen LogP contribution in [0.2, 0.25) is 0 Å². The average molecular weight is 362 g/mol. The van der Waals surface area contributed by atoms with E-state index in [1.165, 1.54) is 31.2 Å². The van der Waals surface area contributed by atoms with Crippen molar-refractivity contribution in [3.05, 3.63) is 49.5 Å². The first kappa shape index (κ1) is 14.9. The molecule has 1 unspecified atom stereocenters. The van der Waals surface area contributed by atoms with E-state index in [4.69, 9.17) is 4.74 Å². The van der Waals surface area contributed by atoms with Crippen molar-refractivity contribution in [2.24, 2.45) is 0 Å². The van der Waals surface area contributed by atoms with Crippen molar-refractivity contribution < 1.29 is 19.2 Å². The Balaban J connectivity index is 2.36. The third-order valence-electron chi connectivity index (χ3n) is 2.41. The molecule has 0 aliphatic heterocycles. The fourth-order valence-electron chi connectivity index (χ4n) is 1.44. The number of ether oxygens (including phenoxy) is 1. The quantitative estimate of drug-likeness (QED) is 0.646. The molecular formula is C12H9BrFNO4S. The van der Waals surface area contributed by atoms with Crippen molar-refractivity contribution in [1.29, 1.82) is 0 Å². The van der Waals surface area contributed by atoms with Crippen LogP contribution in [0.5, 0.6) is 10.8 Å². The summed E-state index contributed by atoms with van der Waals surface area (Å²) in [4.78, 5) is 10.8. The molecule has 5 nitrogen and oxygen atoms in total. The molecule has 0 aliphatic carbocycles. The van der Waals surface area contributed by atoms with Crippen LogP contribution < -0.4 is 4.74 Å². The van der Waals surface area contributed by atoms with Gasteiger partial charge < -0.3 is 9.84 Å². The maximum Gasteiger partial charge on any atom is 0.323 e. The van der Waals surface area contributed by atoms with Crippen molar-refractivity contribution in [1.82, 2.24) is 0 Å². The topological polar surface area (TPSA) is 72.6 Å². The molecular weight excluding hydrogens is 353 g/mol. The van der Waals surface area contributed by atoms with E-state index in [2.05, 4.69) is 15.9 Å². The number of nitro groups is 1. The van der Waals surface area contributed by atoms with Gasteiger partial charge in [0.1, 0.15) is 11.6 Å². The Labute approximate surface area is 125 Å². The lowest BCUT2D eigenvalue weighted by atomic mass is 10.3. The second kappa shape index (κ2) is 5.86. The van der Waals surface area contributed by atoms with Gasteiger partial charge in [0.15, 0.2) is 0 Å². The molecule has 0 spiro atoms. The molecule has 0 radical (unpaired) electrons. The highest BCUT2D eigenvalue weighted by Crippen LogP contribution is 2.42. The molecule has 1 aromatic heterocycles. The predicted octanol–water partition coefficient (Wildman–Crippen LogP) is 4.40. The van der Waals surface area contributed by atoms with Crippen LogP contribution in [-0.4, -0.2) is 10.0 Å². The van der Waals surface area contributed by atoms with Crippen LogP contribution in [0.3, 0.4) is 0 Å². The van der Waals surface area contributed by atoms with E-state index < -0.39 is 16.8 Å². The molecule has 0 aliphatic rings. The molecule has 0 saturated carbocycles. The summed E-state index contributed by atoms with van der Waals surface area (Å²) in [5.41, 5.74) is -0.230. The second-order valence-corrected chi connectivity index (χ2v) is 5.83. The standard InChI is InChI=1S/C12H9BrFNO4S/c1-6(16)11-5-10(15(17)18)12(20-11)19-7-2-3-9(14)8(13)4-7/h2-6,16H,1H3. The molecule has 8 heteroatoms. The highest BCUT2D eigenvalue weighted by Gasteiger charge is 2.23. The minimum absolute atomic E-state index is 0.0457. The zero-order valence-electron chi connectivity index (χ0n) is 10.2. The molecule has 106 valence electrons. The molecule has 0 amide bonds. The van der Waals surface area contributed by atoms with Gasteiger partial charge in [0.05, 0.1) is 15.5 Å². The van der Waals surface area contributed by atoms with E-state index in [0.29, 0.717) is 4.88 Å². The first-order valence-electron chi connectivity index (χ1n) is 5.47. The number of hydrogen-bond acceptors (Lipinski definition) is 5. The molecule has 2 rings (SSSR count). The first-order chi connectivity index (χ1) is 9.38. The fraction of sp³-hybridized carbons (Fsp3) is 0.167. The van der Waals surface area contributed by atoms with E-state index in [9.17, 15) is 19.6 Å². The Bertz CT molecular complexity index is 659.